The van der Waals surface area contributed by atoms with E-state index >= 15 is 0 Å². The second-order valence-corrected chi connectivity index (χ2v) is 4.96. The van der Waals surface area contributed by atoms with Crippen LogP contribution in [0.1, 0.15) is 35.2 Å². The molecule has 0 unspecified atom stereocenters. The Bertz CT molecular complexity index is 470. The second-order valence-electron chi connectivity index (χ2n) is 4.96. The SMILES string of the molecule is COC(=O)c1ccc(C2=C[C@@H]3CC[C@H]2C3)cc1. The van der Waals surface area contributed by atoms with Gasteiger partial charge in [0.1, 0.15) is 0 Å². The molecule has 1 fully saturated rings. The van der Waals surface area contributed by atoms with Crippen LogP contribution in [0.2, 0.25) is 0 Å². The molecule has 17 heavy (non-hydrogen) atoms. The van der Waals surface area contributed by atoms with Crippen LogP contribution in [0.15, 0.2) is 30.3 Å². The first-order valence-corrected chi connectivity index (χ1v) is 6.18. The average Bonchev–Trinajstić information content (AvgIpc) is 3.00. The normalized spacial score (nSPS) is 25.8. The van der Waals surface area contributed by atoms with Crippen molar-refractivity contribution in [3.05, 3.63) is 41.5 Å². The summed E-state index contributed by atoms with van der Waals surface area (Å²) in [5, 5.41) is 0. The van der Waals surface area contributed by atoms with Gasteiger partial charge < -0.3 is 4.74 Å². The number of methoxy groups -OCH3 is 1. The minimum atomic E-state index is -0.265. The Morgan fingerprint density at radius 1 is 1.24 bits per heavy atom. The summed E-state index contributed by atoms with van der Waals surface area (Å²) in [7, 11) is 1.41. The van der Waals surface area contributed by atoms with Gasteiger partial charge in [-0.1, -0.05) is 18.2 Å². The summed E-state index contributed by atoms with van der Waals surface area (Å²) >= 11 is 0. The molecule has 0 heterocycles. The molecule has 0 N–H and O–H groups in total. The van der Waals surface area contributed by atoms with Crippen molar-refractivity contribution in [3.8, 4) is 0 Å². The first kappa shape index (κ1) is 10.6. The Labute approximate surface area is 101 Å². The van der Waals surface area contributed by atoms with Gasteiger partial charge in [0.05, 0.1) is 12.7 Å². The number of hydrogen-bond acceptors (Lipinski definition) is 2. The Morgan fingerprint density at radius 3 is 2.53 bits per heavy atom. The number of benzene rings is 1. The van der Waals surface area contributed by atoms with E-state index in [0.717, 1.165) is 11.8 Å². The molecule has 2 aliphatic carbocycles. The summed E-state index contributed by atoms with van der Waals surface area (Å²) in [6.45, 7) is 0. The molecule has 0 saturated heterocycles. The molecule has 0 radical (unpaired) electrons. The molecule has 1 aromatic rings. The number of esters is 1. The number of hydrogen-bond donors (Lipinski definition) is 0. The lowest BCUT2D eigenvalue weighted by atomic mass is 9.92. The van der Waals surface area contributed by atoms with E-state index in [-0.39, 0.29) is 5.97 Å². The van der Waals surface area contributed by atoms with Crippen molar-refractivity contribution in [1.82, 2.24) is 0 Å². The lowest BCUT2D eigenvalue weighted by Crippen LogP contribution is -2.02. The van der Waals surface area contributed by atoms with Crippen LogP contribution in [0, 0.1) is 11.8 Å². The Morgan fingerprint density at radius 2 is 2.00 bits per heavy atom. The van der Waals surface area contributed by atoms with Gasteiger partial charge in [-0.25, -0.2) is 4.79 Å². The zero-order valence-corrected chi connectivity index (χ0v) is 9.98. The number of ether oxygens (including phenoxy) is 1. The second kappa shape index (κ2) is 4.02. The predicted molar refractivity (Wildman–Crippen MR) is 66.6 cm³/mol. The molecule has 0 spiro atoms. The quantitative estimate of drug-likeness (QED) is 0.726. The number of fused-ring (bicyclic) bond motifs is 2. The first-order chi connectivity index (χ1) is 8.28. The highest BCUT2D eigenvalue weighted by atomic mass is 16.5. The summed E-state index contributed by atoms with van der Waals surface area (Å²) in [5.41, 5.74) is 3.38. The summed E-state index contributed by atoms with van der Waals surface area (Å²) in [6.07, 6.45) is 6.43. The molecule has 1 saturated carbocycles. The number of carbonyl (C=O) groups excluding carboxylic acids is 1. The van der Waals surface area contributed by atoms with Crippen LogP contribution < -0.4 is 0 Å². The monoisotopic (exact) mass is 228 g/mol. The van der Waals surface area contributed by atoms with Crippen LogP contribution in [0.3, 0.4) is 0 Å². The van der Waals surface area contributed by atoms with E-state index in [2.05, 4.69) is 6.08 Å². The lowest BCUT2D eigenvalue weighted by Gasteiger charge is -2.13. The molecule has 2 bridgehead atoms. The van der Waals surface area contributed by atoms with Crippen LogP contribution in [0.4, 0.5) is 0 Å². The summed E-state index contributed by atoms with van der Waals surface area (Å²) < 4.78 is 4.70. The van der Waals surface area contributed by atoms with Gasteiger partial charge in [0.25, 0.3) is 0 Å². The maximum atomic E-state index is 11.3. The molecular formula is C15H16O2. The smallest absolute Gasteiger partial charge is 0.337 e. The maximum absolute atomic E-state index is 11.3. The first-order valence-electron chi connectivity index (χ1n) is 6.18. The van der Waals surface area contributed by atoms with Gasteiger partial charge in [-0.3, -0.25) is 0 Å². The van der Waals surface area contributed by atoms with Crippen molar-refractivity contribution in [1.29, 1.82) is 0 Å². The Hall–Kier alpha value is -1.57. The van der Waals surface area contributed by atoms with Gasteiger partial charge in [0, 0.05) is 0 Å². The van der Waals surface area contributed by atoms with Crippen LogP contribution in [0.25, 0.3) is 5.57 Å². The van der Waals surface area contributed by atoms with E-state index in [9.17, 15) is 4.79 Å². The zero-order valence-electron chi connectivity index (χ0n) is 9.98. The topological polar surface area (TPSA) is 26.3 Å². The van der Waals surface area contributed by atoms with Gasteiger partial charge in [0.15, 0.2) is 0 Å². The van der Waals surface area contributed by atoms with E-state index < -0.39 is 0 Å². The van der Waals surface area contributed by atoms with Crippen molar-refractivity contribution < 1.29 is 9.53 Å². The Kier molecular flexibility index (Phi) is 2.50. The van der Waals surface area contributed by atoms with Crippen LogP contribution >= 0.6 is 0 Å². The van der Waals surface area contributed by atoms with Crippen LogP contribution in [-0.2, 0) is 4.74 Å². The van der Waals surface area contributed by atoms with E-state index in [1.807, 2.05) is 24.3 Å². The minimum absolute atomic E-state index is 0.265. The van der Waals surface area contributed by atoms with Gasteiger partial charge in [-0.05, 0) is 54.4 Å². The molecule has 2 atom stereocenters. The van der Waals surface area contributed by atoms with Crippen molar-refractivity contribution in [2.75, 3.05) is 7.11 Å². The summed E-state index contributed by atoms with van der Waals surface area (Å²) in [4.78, 5) is 11.3. The lowest BCUT2D eigenvalue weighted by molar-refractivity contribution is 0.0601. The largest absolute Gasteiger partial charge is 0.465 e. The van der Waals surface area contributed by atoms with Crippen molar-refractivity contribution >= 4 is 11.5 Å². The molecule has 2 nitrogen and oxygen atoms in total. The number of carbonyl (C=O) groups is 1. The molecule has 0 amide bonds. The highest BCUT2D eigenvalue weighted by molar-refractivity contribution is 5.89. The van der Waals surface area contributed by atoms with Crippen molar-refractivity contribution in [2.24, 2.45) is 11.8 Å². The van der Waals surface area contributed by atoms with E-state index in [4.69, 9.17) is 4.74 Å². The molecular weight excluding hydrogens is 212 g/mol. The molecule has 0 aliphatic heterocycles. The third-order valence-electron chi connectivity index (χ3n) is 3.97. The average molecular weight is 228 g/mol. The van der Waals surface area contributed by atoms with E-state index in [1.165, 1.54) is 37.5 Å². The minimum Gasteiger partial charge on any atom is -0.465 e. The third kappa shape index (κ3) is 1.78. The number of allylic oxidation sites excluding steroid dienone is 2. The third-order valence-corrected chi connectivity index (χ3v) is 3.97. The highest BCUT2D eigenvalue weighted by Gasteiger charge is 2.33. The molecule has 2 heteroatoms. The maximum Gasteiger partial charge on any atom is 0.337 e. The molecule has 2 aliphatic rings. The van der Waals surface area contributed by atoms with Gasteiger partial charge >= 0.3 is 5.97 Å². The fourth-order valence-electron chi connectivity index (χ4n) is 3.09. The van der Waals surface area contributed by atoms with E-state index in [1.54, 1.807) is 0 Å². The number of rotatable bonds is 2. The molecule has 3 rings (SSSR count). The van der Waals surface area contributed by atoms with Crippen LogP contribution in [-0.4, -0.2) is 13.1 Å². The zero-order chi connectivity index (χ0) is 11.8. The van der Waals surface area contributed by atoms with E-state index in [0.29, 0.717) is 5.56 Å². The van der Waals surface area contributed by atoms with Gasteiger partial charge in [-0.15, -0.1) is 0 Å². The summed E-state index contributed by atoms with van der Waals surface area (Å²) in [5.74, 6) is 1.29. The summed E-state index contributed by atoms with van der Waals surface area (Å²) in [6, 6.07) is 7.79. The standard InChI is InChI=1S/C15H16O2/c1-17-15(16)12-6-4-11(5-7-12)14-9-10-2-3-13(14)8-10/h4-7,9-10,13H,2-3,8H2,1H3/t10-,13+/m1/s1. The Balaban J connectivity index is 1.86. The molecule has 1 aromatic carbocycles. The van der Waals surface area contributed by atoms with Crippen molar-refractivity contribution in [2.45, 2.75) is 19.3 Å². The fourth-order valence-corrected chi connectivity index (χ4v) is 3.09. The fraction of sp³-hybridized carbons (Fsp3) is 0.400. The van der Waals surface area contributed by atoms with Gasteiger partial charge in [0.2, 0.25) is 0 Å². The highest BCUT2D eigenvalue weighted by Crippen LogP contribution is 2.47. The predicted octanol–water partition coefficient (Wildman–Crippen LogP) is 3.29. The molecule has 0 aromatic heterocycles. The van der Waals surface area contributed by atoms with Gasteiger partial charge in [-0.2, -0.15) is 0 Å². The van der Waals surface area contributed by atoms with Crippen LogP contribution in [0.5, 0.6) is 0 Å². The van der Waals surface area contributed by atoms with Crippen molar-refractivity contribution in [3.63, 3.8) is 0 Å². The molecule has 88 valence electrons.